The van der Waals surface area contributed by atoms with Crippen molar-refractivity contribution in [2.24, 2.45) is 10.7 Å². The number of rotatable bonds is 5. The lowest BCUT2D eigenvalue weighted by molar-refractivity contribution is 0.355. The normalized spacial score (nSPS) is 10.7. The fourth-order valence-electron chi connectivity index (χ4n) is 1.95. The Bertz CT molecular complexity index is 677. The van der Waals surface area contributed by atoms with E-state index in [2.05, 4.69) is 15.3 Å². The molecule has 1 heterocycles. The van der Waals surface area contributed by atoms with Crippen LogP contribution in [0.3, 0.4) is 0 Å². The maximum atomic E-state index is 5.90. The van der Waals surface area contributed by atoms with Crippen LogP contribution in [0.25, 0.3) is 0 Å². The largest absolute Gasteiger partial charge is 0.493 e. The first-order chi connectivity index (χ1) is 10.6. The molecule has 0 radical (unpaired) electrons. The van der Waals surface area contributed by atoms with Crippen molar-refractivity contribution < 1.29 is 9.47 Å². The highest BCUT2D eigenvalue weighted by molar-refractivity contribution is 14.0. The fraction of sp³-hybridized carbons (Fsp3) is 0.250. The van der Waals surface area contributed by atoms with Gasteiger partial charge in [0.25, 0.3) is 0 Å². The molecule has 3 N–H and O–H groups in total. The number of nitrogens with two attached hydrogens (primary N) is 1. The summed E-state index contributed by atoms with van der Waals surface area (Å²) in [6.45, 7) is 2.43. The number of hydrogen-bond donors (Lipinski definition) is 2. The van der Waals surface area contributed by atoms with Crippen molar-refractivity contribution in [3.05, 3.63) is 47.8 Å². The summed E-state index contributed by atoms with van der Waals surface area (Å²) in [5, 5.41) is 3.02. The van der Waals surface area contributed by atoms with Gasteiger partial charge in [-0.3, -0.25) is 4.98 Å². The van der Waals surface area contributed by atoms with Gasteiger partial charge in [-0.25, -0.2) is 4.99 Å². The number of benzene rings is 1. The molecule has 0 aliphatic rings. The van der Waals surface area contributed by atoms with E-state index in [0.29, 0.717) is 24.0 Å². The van der Waals surface area contributed by atoms with Crippen LogP contribution in [0.4, 0.5) is 5.69 Å². The number of methoxy groups -OCH3 is 2. The predicted octanol–water partition coefficient (Wildman–Crippen LogP) is 2.95. The molecule has 0 fully saturated rings. The Morgan fingerprint density at radius 3 is 2.61 bits per heavy atom. The van der Waals surface area contributed by atoms with Gasteiger partial charge in [-0.05, 0) is 30.7 Å². The average molecular weight is 428 g/mol. The molecule has 0 spiro atoms. The second kappa shape index (κ2) is 9.19. The lowest BCUT2D eigenvalue weighted by atomic mass is 10.2. The highest BCUT2D eigenvalue weighted by Gasteiger charge is 2.05. The number of anilines is 1. The number of aromatic nitrogens is 1. The third-order valence-electron chi connectivity index (χ3n) is 3.17. The molecule has 1 aromatic carbocycles. The van der Waals surface area contributed by atoms with Crippen molar-refractivity contribution in [2.45, 2.75) is 13.5 Å². The first kappa shape index (κ1) is 19.0. The highest BCUT2D eigenvalue weighted by Crippen LogP contribution is 2.29. The predicted molar refractivity (Wildman–Crippen MR) is 103 cm³/mol. The van der Waals surface area contributed by atoms with Crippen LogP contribution in [-0.2, 0) is 6.54 Å². The van der Waals surface area contributed by atoms with E-state index in [0.717, 1.165) is 16.9 Å². The maximum absolute atomic E-state index is 5.90. The molecule has 2 aromatic rings. The second-order valence-electron chi connectivity index (χ2n) is 4.66. The van der Waals surface area contributed by atoms with Crippen molar-refractivity contribution in [3.63, 3.8) is 0 Å². The second-order valence-corrected chi connectivity index (χ2v) is 4.66. The molecule has 0 unspecified atom stereocenters. The van der Waals surface area contributed by atoms with Crippen molar-refractivity contribution in [1.29, 1.82) is 0 Å². The summed E-state index contributed by atoms with van der Waals surface area (Å²) in [6.07, 6.45) is 1.75. The van der Waals surface area contributed by atoms with Crippen molar-refractivity contribution in [3.8, 4) is 11.5 Å². The van der Waals surface area contributed by atoms with Gasteiger partial charge in [0.1, 0.15) is 0 Å². The molecule has 0 saturated heterocycles. The van der Waals surface area contributed by atoms with E-state index in [4.69, 9.17) is 15.2 Å². The van der Waals surface area contributed by atoms with Gasteiger partial charge in [0.15, 0.2) is 17.5 Å². The van der Waals surface area contributed by atoms with E-state index >= 15 is 0 Å². The summed E-state index contributed by atoms with van der Waals surface area (Å²) in [6, 6.07) is 9.34. The average Bonchev–Trinajstić information content (AvgIpc) is 2.54. The Morgan fingerprint density at radius 1 is 1.22 bits per heavy atom. The summed E-state index contributed by atoms with van der Waals surface area (Å²) < 4.78 is 10.4. The molecule has 0 atom stereocenters. The first-order valence-corrected chi connectivity index (χ1v) is 6.83. The highest BCUT2D eigenvalue weighted by atomic mass is 127. The van der Waals surface area contributed by atoms with Crippen molar-refractivity contribution in [1.82, 2.24) is 4.98 Å². The van der Waals surface area contributed by atoms with Gasteiger partial charge >= 0.3 is 0 Å². The Hall–Kier alpha value is -2.03. The summed E-state index contributed by atoms with van der Waals surface area (Å²) >= 11 is 0. The number of nitrogens with zero attached hydrogens (tertiary/aromatic N) is 2. The third kappa shape index (κ3) is 5.27. The van der Waals surface area contributed by atoms with Crippen LogP contribution in [0.5, 0.6) is 11.5 Å². The van der Waals surface area contributed by atoms with Crippen LogP contribution in [0.1, 0.15) is 11.3 Å². The minimum atomic E-state index is 0. The van der Waals surface area contributed by atoms with Gasteiger partial charge in [-0.15, -0.1) is 24.0 Å². The first-order valence-electron chi connectivity index (χ1n) is 6.83. The van der Waals surface area contributed by atoms with Gasteiger partial charge in [-0.1, -0.05) is 6.07 Å². The smallest absolute Gasteiger partial charge is 0.193 e. The molecule has 2 rings (SSSR count). The molecule has 0 aliphatic carbocycles. The topological polar surface area (TPSA) is 81.8 Å². The standard InChI is InChI=1S/C16H20N4O2.HI/c1-11-5-4-8-18-13(11)10-19-16(17)20-12-6-7-14(21-2)15(9-12)22-3;/h4-9H,10H2,1-3H3,(H3,17,19,20);1H. The molecule has 0 aliphatic heterocycles. The zero-order valence-corrected chi connectivity index (χ0v) is 15.7. The van der Waals surface area contributed by atoms with Crippen LogP contribution in [0.2, 0.25) is 0 Å². The van der Waals surface area contributed by atoms with Crippen LogP contribution in [0, 0.1) is 6.92 Å². The molecule has 6 nitrogen and oxygen atoms in total. The van der Waals surface area contributed by atoms with E-state index in [-0.39, 0.29) is 24.0 Å². The van der Waals surface area contributed by atoms with Gasteiger partial charge in [-0.2, -0.15) is 0 Å². The zero-order valence-electron chi connectivity index (χ0n) is 13.4. The molecule has 0 saturated carbocycles. The lowest BCUT2D eigenvalue weighted by Crippen LogP contribution is -2.22. The van der Waals surface area contributed by atoms with Crippen molar-refractivity contribution >= 4 is 35.6 Å². The van der Waals surface area contributed by atoms with Crippen LogP contribution < -0.4 is 20.5 Å². The summed E-state index contributed by atoms with van der Waals surface area (Å²) in [5.41, 5.74) is 8.67. The number of guanidine groups is 1. The minimum absolute atomic E-state index is 0. The quantitative estimate of drug-likeness (QED) is 0.435. The molecule has 0 bridgehead atoms. The summed E-state index contributed by atoms with van der Waals surface area (Å²) in [4.78, 5) is 8.58. The minimum Gasteiger partial charge on any atom is -0.493 e. The molecular formula is C16H21IN4O2. The number of halogens is 1. The van der Waals surface area contributed by atoms with Crippen LogP contribution >= 0.6 is 24.0 Å². The van der Waals surface area contributed by atoms with Gasteiger partial charge in [0.05, 0.1) is 26.5 Å². The van der Waals surface area contributed by atoms with E-state index in [1.807, 2.05) is 25.1 Å². The lowest BCUT2D eigenvalue weighted by Gasteiger charge is -2.11. The number of nitrogens with one attached hydrogen (secondary N) is 1. The van der Waals surface area contributed by atoms with E-state index in [1.165, 1.54) is 0 Å². The number of aryl methyl sites for hydroxylation is 1. The number of ether oxygens (including phenoxy) is 2. The van der Waals surface area contributed by atoms with E-state index in [9.17, 15) is 0 Å². The number of hydrogen-bond acceptors (Lipinski definition) is 4. The molecule has 23 heavy (non-hydrogen) atoms. The van der Waals surface area contributed by atoms with Gasteiger partial charge in [0, 0.05) is 18.0 Å². The fourth-order valence-corrected chi connectivity index (χ4v) is 1.95. The molecule has 1 aromatic heterocycles. The van der Waals surface area contributed by atoms with Crippen LogP contribution in [0.15, 0.2) is 41.5 Å². The van der Waals surface area contributed by atoms with Gasteiger partial charge in [0.2, 0.25) is 0 Å². The molecule has 7 heteroatoms. The molecule has 0 amide bonds. The SMILES string of the molecule is COc1ccc(NC(N)=NCc2ncccc2C)cc1OC.I. The Kier molecular flexibility index (Phi) is 7.60. The third-order valence-corrected chi connectivity index (χ3v) is 3.17. The number of aliphatic imine (C=N–C) groups is 1. The zero-order chi connectivity index (χ0) is 15.9. The van der Waals surface area contributed by atoms with E-state index in [1.54, 1.807) is 32.5 Å². The summed E-state index contributed by atoms with van der Waals surface area (Å²) in [7, 11) is 3.18. The number of pyridine rings is 1. The van der Waals surface area contributed by atoms with Crippen LogP contribution in [-0.4, -0.2) is 25.2 Å². The monoisotopic (exact) mass is 428 g/mol. The Labute approximate surface area is 153 Å². The Balaban J connectivity index is 0.00000264. The Morgan fingerprint density at radius 2 is 1.96 bits per heavy atom. The summed E-state index contributed by atoms with van der Waals surface area (Å²) in [5.74, 6) is 1.60. The van der Waals surface area contributed by atoms with Gasteiger partial charge < -0.3 is 20.5 Å². The maximum Gasteiger partial charge on any atom is 0.193 e. The molecule has 124 valence electrons. The van der Waals surface area contributed by atoms with Crippen molar-refractivity contribution in [2.75, 3.05) is 19.5 Å². The van der Waals surface area contributed by atoms with E-state index < -0.39 is 0 Å². The molecular weight excluding hydrogens is 407 g/mol.